The number of aromatic nitrogens is 1. The molecular formula is C22H32N4OS. The molecular weight excluding hydrogens is 368 g/mol. The van der Waals surface area contributed by atoms with Crippen molar-refractivity contribution >= 4 is 22.9 Å². The number of carbonyl (C=O) groups excluding carboxylic acids is 1. The van der Waals surface area contributed by atoms with E-state index in [-0.39, 0.29) is 17.9 Å². The first-order chi connectivity index (χ1) is 13.4. The Morgan fingerprint density at radius 3 is 2.54 bits per heavy atom. The van der Waals surface area contributed by atoms with Gasteiger partial charge in [-0.1, -0.05) is 12.1 Å². The molecule has 1 atom stereocenters. The van der Waals surface area contributed by atoms with Crippen LogP contribution in [-0.4, -0.2) is 49.0 Å². The van der Waals surface area contributed by atoms with Crippen molar-refractivity contribution in [2.45, 2.75) is 45.7 Å². The molecule has 2 heterocycles. The van der Waals surface area contributed by atoms with E-state index in [1.54, 1.807) is 11.3 Å². The predicted molar refractivity (Wildman–Crippen MR) is 117 cm³/mol. The summed E-state index contributed by atoms with van der Waals surface area (Å²) in [4.78, 5) is 21.7. The Bertz CT molecular complexity index is 763. The van der Waals surface area contributed by atoms with Crippen LogP contribution in [0.1, 0.15) is 36.0 Å². The number of nitrogens with zero attached hydrogens (tertiary/aromatic N) is 3. The van der Waals surface area contributed by atoms with Crippen LogP contribution in [0.2, 0.25) is 0 Å². The molecule has 0 saturated carbocycles. The standard InChI is InChI=1S/C22H32N4OS/c1-16(13-18-5-7-21(8-6-18)25(3)4)23-22(27)19-9-11-26(12-10-19)14-20-15-28-17(2)24-20/h5-8,15-16,19H,9-14H2,1-4H3,(H,23,27). The van der Waals surface area contributed by atoms with Gasteiger partial charge in [-0.15, -0.1) is 11.3 Å². The lowest BCUT2D eigenvalue weighted by molar-refractivity contribution is -0.127. The van der Waals surface area contributed by atoms with Gasteiger partial charge in [0.2, 0.25) is 5.91 Å². The summed E-state index contributed by atoms with van der Waals surface area (Å²) >= 11 is 1.70. The summed E-state index contributed by atoms with van der Waals surface area (Å²) in [5.41, 5.74) is 3.60. The zero-order valence-electron chi connectivity index (χ0n) is 17.4. The molecule has 5 nitrogen and oxygen atoms in total. The largest absolute Gasteiger partial charge is 0.378 e. The summed E-state index contributed by atoms with van der Waals surface area (Å²) in [6.07, 6.45) is 2.72. The fraction of sp³-hybridized carbons (Fsp3) is 0.545. The quantitative estimate of drug-likeness (QED) is 0.773. The summed E-state index contributed by atoms with van der Waals surface area (Å²) in [5, 5.41) is 6.48. The molecule has 152 valence electrons. The number of nitrogens with one attached hydrogen (secondary N) is 1. The van der Waals surface area contributed by atoms with Crippen molar-refractivity contribution in [3.05, 3.63) is 45.9 Å². The highest BCUT2D eigenvalue weighted by molar-refractivity contribution is 7.09. The maximum Gasteiger partial charge on any atom is 0.223 e. The average molecular weight is 401 g/mol. The molecule has 1 amide bonds. The number of benzene rings is 1. The van der Waals surface area contributed by atoms with Crippen molar-refractivity contribution in [2.24, 2.45) is 5.92 Å². The first-order valence-electron chi connectivity index (χ1n) is 10.1. The third-order valence-electron chi connectivity index (χ3n) is 5.39. The summed E-state index contributed by atoms with van der Waals surface area (Å²) in [7, 11) is 4.09. The Kier molecular flexibility index (Phi) is 7.08. The third-order valence-corrected chi connectivity index (χ3v) is 6.22. The lowest BCUT2D eigenvalue weighted by Gasteiger charge is -2.31. The van der Waals surface area contributed by atoms with E-state index >= 15 is 0 Å². The van der Waals surface area contributed by atoms with Gasteiger partial charge in [0.1, 0.15) is 0 Å². The molecule has 1 N–H and O–H groups in total. The van der Waals surface area contributed by atoms with Gasteiger partial charge in [-0.05, 0) is 63.9 Å². The van der Waals surface area contributed by atoms with Gasteiger partial charge in [-0.3, -0.25) is 9.69 Å². The van der Waals surface area contributed by atoms with Gasteiger partial charge in [-0.2, -0.15) is 0 Å². The van der Waals surface area contributed by atoms with Crippen LogP contribution in [-0.2, 0) is 17.8 Å². The Labute approximate surface area is 172 Å². The predicted octanol–water partition coefficient (Wildman–Crippen LogP) is 3.48. The van der Waals surface area contributed by atoms with Gasteiger partial charge in [-0.25, -0.2) is 4.98 Å². The zero-order valence-corrected chi connectivity index (χ0v) is 18.3. The molecule has 1 aliphatic rings. The highest BCUT2D eigenvalue weighted by Gasteiger charge is 2.26. The summed E-state index contributed by atoms with van der Waals surface area (Å²) in [6, 6.07) is 8.70. The van der Waals surface area contributed by atoms with Gasteiger partial charge >= 0.3 is 0 Å². The number of carbonyl (C=O) groups is 1. The number of likely N-dealkylation sites (tertiary alicyclic amines) is 1. The van der Waals surface area contributed by atoms with Crippen molar-refractivity contribution in [1.82, 2.24) is 15.2 Å². The Balaban J connectivity index is 1.42. The topological polar surface area (TPSA) is 48.5 Å². The summed E-state index contributed by atoms with van der Waals surface area (Å²) in [5.74, 6) is 0.341. The first kappa shape index (κ1) is 20.8. The van der Waals surface area contributed by atoms with Gasteiger partial charge in [0.05, 0.1) is 10.7 Å². The number of rotatable bonds is 7. The first-order valence-corrected chi connectivity index (χ1v) is 11.0. The van der Waals surface area contributed by atoms with Crippen LogP contribution >= 0.6 is 11.3 Å². The SMILES string of the molecule is Cc1nc(CN2CCC(C(=O)NC(C)Cc3ccc(N(C)C)cc3)CC2)cs1. The van der Waals surface area contributed by atoms with Crippen LogP contribution < -0.4 is 10.2 Å². The average Bonchev–Trinajstić information content (AvgIpc) is 3.07. The van der Waals surface area contributed by atoms with E-state index in [1.807, 2.05) is 21.0 Å². The van der Waals surface area contributed by atoms with Gasteiger partial charge in [0.25, 0.3) is 0 Å². The number of anilines is 1. The van der Waals surface area contributed by atoms with Gasteiger partial charge in [0.15, 0.2) is 0 Å². The summed E-state index contributed by atoms with van der Waals surface area (Å²) < 4.78 is 0. The molecule has 0 aliphatic carbocycles. The molecule has 1 fully saturated rings. The minimum atomic E-state index is 0.131. The Hall–Kier alpha value is -1.92. The molecule has 1 aromatic carbocycles. The molecule has 3 rings (SSSR count). The fourth-order valence-electron chi connectivity index (χ4n) is 3.76. The molecule has 1 unspecified atom stereocenters. The van der Waals surface area contributed by atoms with Crippen LogP contribution in [0.4, 0.5) is 5.69 Å². The van der Waals surface area contributed by atoms with E-state index in [1.165, 1.54) is 11.3 Å². The van der Waals surface area contributed by atoms with Crippen LogP contribution in [0.5, 0.6) is 0 Å². The second-order valence-electron chi connectivity index (χ2n) is 8.08. The minimum Gasteiger partial charge on any atom is -0.378 e. The molecule has 1 aliphatic heterocycles. The highest BCUT2D eigenvalue weighted by Crippen LogP contribution is 2.20. The number of hydrogen-bond acceptors (Lipinski definition) is 5. The van der Waals surface area contributed by atoms with E-state index in [0.29, 0.717) is 0 Å². The maximum atomic E-state index is 12.7. The number of thiazole rings is 1. The summed E-state index contributed by atoms with van der Waals surface area (Å²) in [6.45, 7) is 6.97. The molecule has 6 heteroatoms. The van der Waals surface area contributed by atoms with Crippen molar-refractivity contribution in [1.29, 1.82) is 0 Å². The Morgan fingerprint density at radius 1 is 1.29 bits per heavy atom. The second kappa shape index (κ2) is 9.52. The van der Waals surface area contributed by atoms with E-state index in [0.717, 1.165) is 49.6 Å². The van der Waals surface area contributed by atoms with Crippen molar-refractivity contribution in [2.75, 3.05) is 32.1 Å². The van der Waals surface area contributed by atoms with Crippen LogP contribution in [0.15, 0.2) is 29.6 Å². The van der Waals surface area contributed by atoms with E-state index in [4.69, 9.17) is 0 Å². The monoisotopic (exact) mass is 400 g/mol. The van der Waals surface area contributed by atoms with Crippen LogP contribution in [0.25, 0.3) is 0 Å². The molecule has 1 saturated heterocycles. The molecule has 0 spiro atoms. The zero-order chi connectivity index (χ0) is 20.1. The number of hydrogen-bond donors (Lipinski definition) is 1. The van der Waals surface area contributed by atoms with Crippen molar-refractivity contribution < 1.29 is 4.79 Å². The van der Waals surface area contributed by atoms with Gasteiger partial charge in [0, 0.05) is 43.7 Å². The van der Waals surface area contributed by atoms with Crippen molar-refractivity contribution in [3.63, 3.8) is 0 Å². The number of aryl methyl sites for hydroxylation is 1. The lowest BCUT2D eigenvalue weighted by atomic mass is 9.95. The van der Waals surface area contributed by atoms with Gasteiger partial charge < -0.3 is 10.2 Å². The lowest BCUT2D eigenvalue weighted by Crippen LogP contribution is -2.43. The van der Waals surface area contributed by atoms with E-state index in [2.05, 4.69) is 56.7 Å². The maximum absolute atomic E-state index is 12.7. The smallest absolute Gasteiger partial charge is 0.223 e. The highest BCUT2D eigenvalue weighted by atomic mass is 32.1. The van der Waals surface area contributed by atoms with E-state index < -0.39 is 0 Å². The fourth-order valence-corrected chi connectivity index (χ4v) is 4.36. The second-order valence-corrected chi connectivity index (χ2v) is 9.15. The number of amides is 1. The third kappa shape index (κ3) is 5.79. The molecule has 1 aromatic heterocycles. The molecule has 0 radical (unpaired) electrons. The minimum absolute atomic E-state index is 0.131. The van der Waals surface area contributed by atoms with Crippen LogP contribution in [0.3, 0.4) is 0 Å². The molecule has 0 bridgehead atoms. The normalized spacial score (nSPS) is 16.7. The number of piperidine rings is 1. The van der Waals surface area contributed by atoms with Crippen molar-refractivity contribution in [3.8, 4) is 0 Å². The Morgan fingerprint density at radius 2 is 1.96 bits per heavy atom. The van der Waals surface area contributed by atoms with Crippen LogP contribution in [0, 0.1) is 12.8 Å². The molecule has 2 aromatic rings. The molecule has 28 heavy (non-hydrogen) atoms. The van der Waals surface area contributed by atoms with E-state index in [9.17, 15) is 4.79 Å².